The van der Waals surface area contributed by atoms with Gasteiger partial charge in [0.15, 0.2) is 0 Å². The molecule has 2 atom stereocenters. The number of aromatic nitrogens is 3. The van der Waals surface area contributed by atoms with Crippen molar-refractivity contribution in [2.75, 3.05) is 7.11 Å². The summed E-state index contributed by atoms with van der Waals surface area (Å²) in [5, 5.41) is 11.0. The molecule has 0 amide bonds. The van der Waals surface area contributed by atoms with Crippen LogP contribution in [0.5, 0.6) is 5.75 Å². The number of ether oxygens (including phenoxy) is 1. The summed E-state index contributed by atoms with van der Waals surface area (Å²) in [7, 11) is 1.55. The molecular weight excluding hydrogens is 409 g/mol. The molecule has 6 nitrogen and oxygen atoms in total. The molecule has 2 aromatic heterocycles. The van der Waals surface area contributed by atoms with Gasteiger partial charge in [-0.2, -0.15) is 0 Å². The number of methoxy groups -OCH3 is 1. The monoisotopic (exact) mass is 433 g/mol. The fourth-order valence-corrected chi connectivity index (χ4v) is 3.75. The summed E-state index contributed by atoms with van der Waals surface area (Å²) in [5.74, 6) is 0.218. The van der Waals surface area contributed by atoms with Crippen molar-refractivity contribution in [2.45, 2.75) is 26.0 Å². The minimum Gasteiger partial charge on any atom is -0.495 e. The second kappa shape index (κ2) is 8.80. The number of halogens is 1. The van der Waals surface area contributed by atoms with Crippen molar-refractivity contribution in [1.29, 1.82) is 0 Å². The van der Waals surface area contributed by atoms with Crippen LogP contribution in [-0.2, 0) is 0 Å². The Morgan fingerprint density at radius 3 is 2.47 bits per heavy atom. The third-order valence-electron chi connectivity index (χ3n) is 5.58. The first kappa shape index (κ1) is 21.5. The SMILES string of the molecule is COc1cc(C(O)c2cccn(C(C)c3ccc(F)cc3)c2=O)ccc1-n1cnc(C)c1. The molecule has 0 aliphatic carbocycles. The lowest BCUT2D eigenvalue weighted by Crippen LogP contribution is -2.28. The van der Waals surface area contributed by atoms with Gasteiger partial charge in [0.25, 0.3) is 5.56 Å². The first-order chi connectivity index (χ1) is 15.4. The molecule has 32 heavy (non-hydrogen) atoms. The Morgan fingerprint density at radius 2 is 1.81 bits per heavy atom. The Hall–Kier alpha value is -3.71. The Kier molecular flexibility index (Phi) is 5.92. The molecule has 0 saturated heterocycles. The topological polar surface area (TPSA) is 69.3 Å². The Bertz CT molecular complexity index is 1290. The highest BCUT2D eigenvalue weighted by atomic mass is 19.1. The maximum absolute atomic E-state index is 13.3. The highest BCUT2D eigenvalue weighted by Gasteiger charge is 2.20. The number of hydrogen-bond acceptors (Lipinski definition) is 4. The summed E-state index contributed by atoms with van der Waals surface area (Å²) in [6, 6.07) is 14.3. The van der Waals surface area contributed by atoms with E-state index in [1.165, 1.54) is 16.7 Å². The summed E-state index contributed by atoms with van der Waals surface area (Å²) in [4.78, 5) is 17.4. The molecule has 0 aliphatic heterocycles. The standard InChI is InChI=1S/C25H24FN3O3/c1-16-14-28(15-27-16)22-11-8-19(13-23(22)32-3)24(30)21-5-4-12-29(25(21)31)17(2)18-6-9-20(26)10-7-18/h4-15,17,24,30H,1-3H3. The van der Waals surface area contributed by atoms with Gasteiger partial charge < -0.3 is 19.0 Å². The Balaban J connectivity index is 1.69. The van der Waals surface area contributed by atoms with Gasteiger partial charge in [-0.25, -0.2) is 9.37 Å². The summed E-state index contributed by atoms with van der Waals surface area (Å²) in [6.07, 6.45) is 4.09. The van der Waals surface area contributed by atoms with E-state index in [-0.39, 0.29) is 23.0 Å². The van der Waals surface area contributed by atoms with Gasteiger partial charge in [0.1, 0.15) is 17.7 Å². The molecule has 0 aliphatic rings. The van der Waals surface area contributed by atoms with Crippen LogP contribution in [0.15, 0.2) is 78.1 Å². The zero-order valence-corrected chi connectivity index (χ0v) is 18.1. The second-order valence-electron chi connectivity index (χ2n) is 7.66. The molecule has 0 saturated carbocycles. The lowest BCUT2D eigenvalue weighted by atomic mass is 10.0. The van der Waals surface area contributed by atoms with Crippen LogP contribution in [0.25, 0.3) is 5.69 Å². The quantitative estimate of drug-likeness (QED) is 0.495. The molecule has 2 unspecified atom stereocenters. The van der Waals surface area contributed by atoms with E-state index in [4.69, 9.17) is 4.74 Å². The average Bonchev–Trinajstić information content (AvgIpc) is 3.24. The van der Waals surface area contributed by atoms with Crippen LogP contribution in [-0.4, -0.2) is 26.3 Å². The van der Waals surface area contributed by atoms with Crippen LogP contribution in [0, 0.1) is 12.7 Å². The van der Waals surface area contributed by atoms with E-state index >= 15 is 0 Å². The van der Waals surface area contributed by atoms with Gasteiger partial charge >= 0.3 is 0 Å². The summed E-state index contributed by atoms with van der Waals surface area (Å²) < 4.78 is 22.2. The van der Waals surface area contributed by atoms with Gasteiger partial charge in [-0.05, 0) is 61.4 Å². The van der Waals surface area contributed by atoms with E-state index in [9.17, 15) is 14.3 Å². The smallest absolute Gasteiger partial charge is 0.257 e. The zero-order chi connectivity index (χ0) is 22.8. The number of nitrogens with zero attached hydrogens (tertiary/aromatic N) is 3. The third-order valence-corrected chi connectivity index (χ3v) is 5.58. The van der Waals surface area contributed by atoms with Crippen LogP contribution in [0.3, 0.4) is 0 Å². The summed E-state index contributed by atoms with van der Waals surface area (Å²) in [5.41, 5.74) is 2.91. The van der Waals surface area contributed by atoms with Crippen molar-refractivity contribution in [1.82, 2.24) is 14.1 Å². The highest BCUT2D eigenvalue weighted by molar-refractivity contribution is 5.50. The van der Waals surface area contributed by atoms with E-state index in [0.717, 1.165) is 16.9 Å². The van der Waals surface area contributed by atoms with Crippen molar-refractivity contribution in [3.8, 4) is 11.4 Å². The number of hydrogen-bond donors (Lipinski definition) is 1. The second-order valence-corrected chi connectivity index (χ2v) is 7.66. The van der Waals surface area contributed by atoms with Crippen molar-refractivity contribution in [2.24, 2.45) is 0 Å². The highest BCUT2D eigenvalue weighted by Crippen LogP contribution is 2.29. The Morgan fingerprint density at radius 1 is 1.09 bits per heavy atom. The molecule has 164 valence electrons. The minimum atomic E-state index is -1.14. The van der Waals surface area contributed by atoms with Gasteiger partial charge in [0.2, 0.25) is 0 Å². The summed E-state index contributed by atoms with van der Waals surface area (Å²) in [6.45, 7) is 3.75. The van der Waals surface area contributed by atoms with E-state index in [1.807, 2.05) is 30.7 Å². The van der Waals surface area contributed by atoms with Gasteiger partial charge in [-0.15, -0.1) is 0 Å². The number of pyridine rings is 1. The van der Waals surface area contributed by atoms with Crippen molar-refractivity contribution in [3.05, 3.63) is 112 Å². The molecule has 0 spiro atoms. The summed E-state index contributed by atoms with van der Waals surface area (Å²) >= 11 is 0. The fourth-order valence-electron chi connectivity index (χ4n) is 3.75. The predicted octanol–water partition coefficient (Wildman–Crippen LogP) is 4.18. The van der Waals surface area contributed by atoms with Crippen LogP contribution >= 0.6 is 0 Å². The first-order valence-electron chi connectivity index (χ1n) is 10.2. The number of benzene rings is 2. The third kappa shape index (κ3) is 4.07. The lowest BCUT2D eigenvalue weighted by molar-refractivity contribution is 0.217. The van der Waals surface area contributed by atoms with Crippen LogP contribution in [0.4, 0.5) is 4.39 Å². The number of aryl methyl sites for hydroxylation is 1. The molecule has 7 heteroatoms. The van der Waals surface area contributed by atoms with Crippen molar-refractivity contribution < 1.29 is 14.2 Å². The largest absolute Gasteiger partial charge is 0.495 e. The lowest BCUT2D eigenvalue weighted by Gasteiger charge is -2.19. The molecular formula is C25H24FN3O3. The molecule has 0 radical (unpaired) electrons. The molecule has 0 bridgehead atoms. The number of imidazole rings is 1. The van der Waals surface area contributed by atoms with Crippen LogP contribution in [0.2, 0.25) is 0 Å². The van der Waals surface area contributed by atoms with Crippen LogP contribution < -0.4 is 10.3 Å². The molecule has 4 aromatic rings. The molecule has 4 rings (SSSR count). The van der Waals surface area contributed by atoms with E-state index in [0.29, 0.717) is 11.3 Å². The molecule has 0 fully saturated rings. The van der Waals surface area contributed by atoms with Crippen LogP contribution in [0.1, 0.15) is 41.5 Å². The maximum atomic E-state index is 13.3. The average molecular weight is 433 g/mol. The van der Waals surface area contributed by atoms with Gasteiger partial charge in [0.05, 0.1) is 36.4 Å². The predicted molar refractivity (Wildman–Crippen MR) is 120 cm³/mol. The molecule has 2 heterocycles. The number of rotatable bonds is 6. The molecule has 2 aromatic carbocycles. The fraction of sp³-hybridized carbons (Fsp3) is 0.200. The zero-order valence-electron chi connectivity index (χ0n) is 18.1. The normalized spacial score (nSPS) is 13.0. The van der Waals surface area contributed by atoms with Crippen molar-refractivity contribution in [3.63, 3.8) is 0 Å². The number of aliphatic hydroxyl groups excluding tert-OH is 1. The number of aliphatic hydroxyl groups is 1. The van der Waals surface area contributed by atoms with Crippen molar-refractivity contribution >= 4 is 0 Å². The van der Waals surface area contributed by atoms with Gasteiger partial charge in [-0.3, -0.25) is 4.79 Å². The van der Waals surface area contributed by atoms with Gasteiger partial charge in [-0.1, -0.05) is 18.2 Å². The maximum Gasteiger partial charge on any atom is 0.257 e. The Labute approximate surface area is 185 Å². The van der Waals surface area contributed by atoms with E-state index in [1.54, 1.807) is 56.0 Å². The van der Waals surface area contributed by atoms with E-state index in [2.05, 4.69) is 4.98 Å². The van der Waals surface area contributed by atoms with Gasteiger partial charge in [0, 0.05) is 12.4 Å². The molecule has 1 N–H and O–H groups in total. The van der Waals surface area contributed by atoms with E-state index < -0.39 is 6.10 Å². The first-order valence-corrected chi connectivity index (χ1v) is 10.2. The minimum absolute atomic E-state index is 0.245.